The fraction of sp³-hybridized carbons (Fsp3) is 0.0714. The van der Waals surface area contributed by atoms with Gasteiger partial charge in [-0.15, -0.1) is 0 Å². The van der Waals surface area contributed by atoms with Gasteiger partial charge in [-0.25, -0.2) is 0 Å². The average Bonchev–Trinajstić information content (AvgIpc) is 2.33. The van der Waals surface area contributed by atoms with Crippen LogP contribution in [0, 0.1) is 0 Å². The van der Waals surface area contributed by atoms with Crippen molar-refractivity contribution < 1.29 is 0 Å². The lowest BCUT2D eigenvalue weighted by Crippen LogP contribution is -1.84. The lowest BCUT2D eigenvalue weighted by Gasteiger charge is -2.01. The van der Waals surface area contributed by atoms with E-state index in [-0.39, 0.29) is 0 Å². The molecular formula is C14H14N2. The largest absolute Gasteiger partial charge is 0.399 e. The number of rotatable bonds is 2. The molecule has 0 aliphatic carbocycles. The number of nitrogens with zero attached hydrogens (tertiary/aromatic N) is 1. The molecule has 2 N–H and O–H groups in total. The number of anilines is 1. The van der Waals surface area contributed by atoms with Crippen molar-refractivity contribution in [1.82, 2.24) is 4.98 Å². The molecule has 1 heterocycles. The Balaban J connectivity index is 2.28. The van der Waals surface area contributed by atoms with Crippen molar-refractivity contribution >= 4 is 17.3 Å². The number of hydrogen-bond donors (Lipinski definition) is 1. The predicted molar refractivity (Wildman–Crippen MR) is 68.6 cm³/mol. The summed E-state index contributed by atoms with van der Waals surface area (Å²) < 4.78 is 0. The van der Waals surface area contributed by atoms with E-state index in [1.807, 2.05) is 36.4 Å². The van der Waals surface area contributed by atoms with Gasteiger partial charge in [-0.1, -0.05) is 18.2 Å². The molecule has 0 saturated heterocycles. The van der Waals surface area contributed by atoms with Crippen LogP contribution in [-0.4, -0.2) is 4.98 Å². The zero-order valence-electron chi connectivity index (χ0n) is 9.22. The first kappa shape index (κ1) is 10.4. The summed E-state index contributed by atoms with van der Waals surface area (Å²) in [6, 6.07) is 11.9. The lowest BCUT2D eigenvalue weighted by atomic mass is 10.1. The van der Waals surface area contributed by atoms with Gasteiger partial charge >= 0.3 is 0 Å². The van der Waals surface area contributed by atoms with Gasteiger partial charge in [0, 0.05) is 18.1 Å². The highest BCUT2D eigenvalue weighted by atomic mass is 14.6. The molecule has 0 spiro atoms. The van der Waals surface area contributed by atoms with Gasteiger partial charge in [0.05, 0.1) is 0 Å². The number of hydrogen-bond acceptors (Lipinski definition) is 2. The fourth-order valence-electron chi connectivity index (χ4n) is 1.54. The Bertz CT molecular complexity index is 484. The Morgan fingerprint density at radius 2 is 1.69 bits per heavy atom. The highest BCUT2D eigenvalue weighted by molar-refractivity contribution is 5.80. The number of allylic oxidation sites excluding steroid dienone is 1. The van der Waals surface area contributed by atoms with Crippen LogP contribution in [0.25, 0.3) is 11.6 Å². The summed E-state index contributed by atoms with van der Waals surface area (Å²) in [7, 11) is 0. The number of aromatic nitrogens is 1. The van der Waals surface area contributed by atoms with Crippen molar-refractivity contribution in [3.8, 4) is 0 Å². The second-order valence-corrected chi connectivity index (χ2v) is 3.73. The third kappa shape index (κ3) is 2.48. The summed E-state index contributed by atoms with van der Waals surface area (Å²) in [5.41, 5.74) is 9.99. The fourth-order valence-corrected chi connectivity index (χ4v) is 1.54. The SMILES string of the molecule is CC(=Cc1ccc(N)cc1)c1ccncc1. The van der Waals surface area contributed by atoms with E-state index in [1.54, 1.807) is 12.4 Å². The second kappa shape index (κ2) is 4.62. The van der Waals surface area contributed by atoms with Gasteiger partial charge in [0.1, 0.15) is 0 Å². The number of benzene rings is 1. The Morgan fingerprint density at radius 3 is 2.31 bits per heavy atom. The molecule has 1 aromatic carbocycles. The molecule has 0 amide bonds. The van der Waals surface area contributed by atoms with E-state index in [0.29, 0.717) is 0 Å². The predicted octanol–water partition coefficient (Wildman–Crippen LogP) is 3.22. The zero-order chi connectivity index (χ0) is 11.4. The monoisotopic (exact) mass is 210 g/mol. The summed E-state index contributed by atoms with van der Waals surface area (Å²) in [6.45, 7) is 2.09. The summed E-state index contributed by atoms with van der Waals surface area (Å²) in [5.74, 6) is 0. The molecule has 0 aliphatic heterocycles. The summed E-state index contributed by atoms with van der Waals surface area (Å²) in [6.07, 6.45) is 5.74. The van der Waals surface area contributed by atoms with Gasteiger partial charge in [-0.2, -0.15) is 0 Å². The standard InChI is InChI=1S/C14H14N2/c1-11(13-6-8-16-9-7-13)10-12-2-4-14(15)5-3-12/h2-10H,15H2,1H3. The normalized spacial score (nSPS) is 11.4. The third-order valence-electron chi connectivity index (χ3n) is 2.46. The first-order chi connectivity index (χ1) is 7.75. The van der Waals surface area contributed by atoms with E-state index in [2.05, 4.69) is 18.0 Å². The number of nitrogens with two attached hydrogens (primary N) is 1. The number of pyridine rings is 1. The minimum Gasteiger partial charge on any atom is -0.399 e. The van der Waals surface area contributed by atoms with E-state index >= 15 is 0 Å². The molecule has 2 heteroatoms. The molecule has 2 aromatic rings. The van der Waals surface area contributed by atoms with Gasteiger partial charge in [0.25, 0.3) is 0 Å². The van der Waals surface area contributed by atoms with E-state index in [1.165, 1.54) is 11.1 Å². The van der Waals surface area contributed by atoms with Crippen LogP contribution in [0.4, 0.5) is 5.69 Å². The first-order valence-corrected chi connectivity index (χ1v) is 5.20. The molecule has 0 atom stereocenters. The summed E-state index contributed by atoms with van der Waals surface area (Å²) >= 11 is 0. The molecule has 2 rings (SSSR count). The zero-order valence-corrected chi connectivity index (χ0v) is 9.22. The molecule has 0 aliphatic rings. The van der Waals surface area contributed by atoms with E-state index < -0.39 is 0 Å². The molecule has 0 saturated carbocycles. The maximum atomic E-state index is 5.64. The minimum absolute atomic E-state index is 0.790. The van der Waals surface area contributed by atoms with Crippen molar-refractivity contribution in [2.24, 2.45) is 0 Å². The van der Waals surface area contributed by atoms with Crippen LogP contribution in [0.5, 0.6) is 0 Å². The topological polar surface area (TPSA) is 38.9 Å². The highest BCUT2D eigenvalue weighted by Gasteiger charge is 1.95. The van der Waals surface area contributed by atoms with Crippen molar-refractivity contribution in [3.63, 3.8) is 0 Å². The third-order valence-corrected chi connectivity index (χ3v) is 2.46. The van der Waals surface area contributed by atoms with Crippen LogP contribution in [-0.2, 0) is 0 Å². The maximum Gasteiger partial charge on any atom is 0.0314 e. The minimum atomic E-state index is 0.790. The van der Waals surface area contributed by atoms with Crippen LogP contribution < -0.4 is 5.73 Å². The van der Waals surface area contributed by atoms with Crippen molar-refractivity contribution in [1.29, 1.82) is 0 Å². The van der Waals surface area contributed by atoms with Gasteiger partial charge in [-0.05, 0) is 47.9 Å². The van der Waals surface area contributed by atoms with Gasteiger partial charge < -0.3 is 5.73 Å². The molecule has 0 fully saturated rings. The van der Waals surface area contributed by atoms with Crippen LogP contribution in [0.3, 0.4) is 0 Å². The molecule has 16 heavy (non-hydrogen) atoms. The Labute approximate surface area is 95.5 Å². The van der Waals surface area contributed by atoms with Crippen LogP contribution >= 0.6 is 0 Å². The highest BCUT2D eigenvalue weighted by Crippen LogP contribution is 2.17. The van der Waals surface area contributed by atoms with Crippen LogP contribution in [0.1, 0.15) is 18.1 Å². The van der Waals surface area contributed by atoms with E-state index in [4.69, 9.17) is 5.73 Å². The first-order valence-electron chi connectivity index (χ1n) is 5.20. The van der Waals surface area contributed by atoms with Gasteiger partial charge in [-0.3, -0.25) is 4.98 Å². The molecule has 0 bridgehead atoms. The van der Waals surface area contributed by atoms with Crippen molar-refractivity contribution in [3.05, 3.63) is 59.9 Å². The number of nitrogen functional groups attached to an aromatic ring is 1. The Hall–Kier alpha value is -2.09. The molecule has 80 valence electrons. The smallest absolute Gasteiger partial charge is 0.0314 e. The summed E-state index contributed by atoms with van der Waals surface area (Å²) in [5, 5.41) is 0. The molecule has 0 radical (unpaired) electrons. The van der Waals surface area contributed by atoms with E-state index in [0.717, 1.165) is 11.3 Å². The van der Waals surface area contributed by atoms with E-state index in [9.17, 15) is 0 Å². The average molecular weight is 210 g/mol. The molecule has 2 nitrogen and oxygen atoms in total. The summed E-state index contributed by atoms with van der Waals surface area (Å²) in [4.78, 5) is 4.00. The molecule has 0 unspecified atom stereocenters. The van der Waals surface area contributed by atoms with Gasteiger partial charge in [0.15, 0.2) is 0 Å². The lowest BCUT2D eigenvalue weighted by molar-refractivity contribution is 1.31. The maximum absolute atomic E-state index is 5.64. The van der Waals surface area contributed by atoms with Crippen molar-refractivity contribution in [2.75, 3.05) is 5.73 Å². The van der Waals surface area contributed by atoms with Crippen LogP contribution in [0.15, 0.2) is 48.8 Å². The Kier molecular flexibility index (Phi) is 3.01. The second-order valence-electron chi connectivity index (χ2n) is 3.73. The molecular weight excluding hydrogens is 196 g/mol. The van der Waals surface area contributed by atoms with Gasteiger partial charge in [0.2, 0.25) is 0 Å². The quantitative estimate of drug-likeness (QED) is 0.773. The Morgan fingerprint density at radius 1 is 1.06 bits per heavy atom. The van der Waals surface area contributed by atoms with Crippen LogP contribution in [0.2, 0.25) is 0 Å². The molecule has 1 aromatic heterocycles. The van der Waals surface area contributed by atoms with Crippen molar-refractivity contribution in [2.45, 2.75) is 6.92 Å².